The largest absolute Gasteiger partial charge is 0.294 e. The summed E-state index contributed by atoms with van der Waals surface area (Å²) in [5.74, 6) is 0. The highest BCUT2D eigenvalue weighted by atomic mass is 79.9. The summed E-state index contributed by atoms with van der Waals surface area (Å²) in [6.45, 7) is 2.56. The predicted octanol–water partition coefficient (Wildman–Crippen LogP) is 5.24. The Balaban J connectivity index is 1.87. The summed E-state index contributed by atoms with van der Waals surface area (Å²) < 4.78 is 2.71. The Bertz CT molecular complexity index is 1100. The normalized spacial score (nSPS) is 11.1. The van der Waals surface area contributed by atoms with E-state index in [2.05, 4.69) is 20.9 Å². The lowest BCUT2D eigenvalue weighted by Gasteiger charge is -2.07. The van der Waals surface area contributed by atoms with Crippen molar-refractivity contribution in [1.82, 2.24) is 9.55 Å². The van der Waals surface area contributed by atoms with Gasteiger partial charge in [-0.25, -0.2) is 4.98 Å². The number of aryl methyl sites for hydroxylation is 1. The first-order chi connectivity index (χ1) is 12.1. The third-order valence-electron chi connectivity index (χ3n) is 4.18. The summed E-state index contributed by atoms with van der Waals surface area (Å²) in [6, 6.07) is 18.0. The smallest absolute Gasteiger partial charge is 0.263 e. The third-order valence-corrected chi connectivity index (χ3v) is 5.73. The molecule has 124 valence electrons. The zero-order chi connectivity index (χ0) is 17.4. The van der Waals surface area contributed by atoms with Gasteiger partial charge in [0.1, 0.15) is 4.83 Å². The average Bonchev–Trinajstić information content (AvgIpc) is 2.97. The summed E-state index contributed by atoms with van der Waals surface area (Å²) in [5.41, 5.74) is 3.14. The van der Waals surface area contributed by atoms with E-state index < -0.39 is 0 Å². The van der Waals surface area contributed by atoms with Gasteiger partial charge in [0.15, 0.2) is 0 Å². The van der Waals surface area contributed by atoms with Crippen LogP contribution < -0.4 is 5.56 Å². The molecule has 0 N–H and O–H groups in total. The molecule has 0 atom stereocenters. The molecular weight excluding hydrogens is 396 g/mol. The van der Waals surface area contributed by atoms with Crippen molar-refractivity contribution in [1.29, 1.82) is 0 Å². The minimum Gasteiger partial charge on any atom is -0.294 e. The van der Waals surface area contributed by atoms with Gasteiger partial charge in [-0.05, 0) is 30.2 Å². The van der Waals surface area contributed by atoms with Gasteiger partial charge < -0.3 is 0 Å². The van der Waals surface area contributed by atoms with Crippen molar-refractivity contribution >= 4 is 37.5 Å². The number of nitrogens with zero attached hydrogens (tertiary/aromatic N) is 2. The lowest BCUT2D eigenvalue weighted by atomic mass is 10.0. The maximum Gasteiger partial charge on any atom is 0.263 e. The molecule has 0 aliphatic carbocycles. The van der Waals surface area contributed by atoms with E-state index >= 15 is 0 Å². The number of hydrogen-bond donors (Lipinski definition) is 0. The van der Waals surface area contributed by atoms with Gasteiger partial charge in [-0.2, -0.15) is 0 Å². The molecule has 2 heterocycles. The van der Waals surface area contributed by atoms with E-state index in [0.29, 0.717) is 11.9 Å². The van der Waals surface area contributed by atoms with Crippen LogP contribution in [0.15, 0.2) is 70.2 Å². The van der Waals surface area contributed by atoms with E-state index in [0.717, 1.165) is 30.9 Å². The lowest BCUT2D eigenvalue weighted by Crippen LogP contribution is -2.21. The van der Waals surface area contributed by atoms with E-state index in [1.165, 1.54) is 0 Å². The quantitative estimate of drug-likeness (QED) is 0.462. The van der Waals surface area contributed by atoms with Crippen LogP contribution >= 0.6 is 27.3 Å². The van der Waals surface area contributed by atoms with Crippen LogP contribution in [0.4, 0.5) is 0 Å². The summed E-state index contributed by atoms with van der Waals surface area (Å²) >= 11 is 5.01. The molecule has 0 saturated carbocycles. The number of aromatic nitrogens is 2. The molecule has 5 heteroatoms. The summed E-state index contributed by atoms with van der Waals surface area (Å²) in [5, 5.41) is 0.716. The molecular formula is C20H15BrN2OS. The third kappa shape index (κ3) is 3.05. The number of halogens is 1. The maximum absolute atomic E-state index is 13.1. The van der Waals surface area contributed by atoms with Gasteiger partial charge in [-0.1, -0.05) is 58.4 Å². The van der Waals surface area contributed by atoms with Crippen LogP contribution in [0.3, 0.4) is 0 Å². The molecule has 0 unspecified atom stereocenters. The fourth-order valence-electron chi connectivity index (χ4n) is 2.99. The topological polar surface area (TPSA) is 34.9 Å². The van der Waals surface area contributed by atoms with Crippen LogP contribution in [0, 0.1) is 6.92 Å². The zero-order valence-corrected chi connectivity index (χ0v) is 16.0. The van der Waals surface area contributed by atoms with Gasteiger partial charge >= 0.3 is 0 Å². The van der Waals surface area contributed by atoms with E-state index in [4.69, 9.17) is 0 Å². The molecule has 0 aliphatic heterocycles. The Kier molecular flexibility index (Phi) is 4.27. The second-order valence-electron chi connectivity index (χ2n) is 5.88. The number of fused-ring (bicyclic) bond motifs is 1. The van der Waals surface area contributed by atoms with Gasteiger partial charge in [-0.3, -0.25) is 9.36 Å². The van der Waals surface area contributed by atoms with Crippen LogP contribution in [-0.2, 0) is 6.54 Å². The molecule has 4 aromatic rings. The van der Waals surface area contributed by atoms with Gasteiger partial charge in [-0.15, -0.1) is 11.3 Å². The van der Waals surface area contributed by atoms with Crippen molar-refractivity contribution < 1.29 is 0 Å². The molecule has 0 fully saturated rings. The van der Waals surface area contributed by atoms with Crippen molar-refractivity contribution in [2.45, 2.75) is 13.5 Å². The first kappa shape index (κ1) is 16.2. The molecule has 0 aliphatic rings. The van der Waals surface area contributed by atoms with Crippen LogP contribution in [0.5, 0.6) is 0 Å². The fraction of sp³-hybridized carbons (Fsp3) is 0.100. The van der Waals surface area contributed by atoms with E-state index in [9.17, 15) is 4.79 Å². The molecule has 25 heavy (non-hydrogen) atoms. The van der Waals surface area contributed by atoms with Crippen LogP contribution in [0.2, 0.25) is 0 Å². The molecule has 4 rings (SSSR count). The molecule has 2 aromatic carbocycles. The Hall–Kier alpha value is -2.24. The Morgan fingerprint density at radius 1 is 1.08 bits per heavy atom. The standard InChI is InChI=1S/C20H15BrN2OS/c1-13-17(15-5-3-2-4-6-15)18-19(25-13)22-12-23(20(18)24)11-14-7-9-16(21)10-8-14/h2-10,12H,11H2,1H3. The second kappa shape index (κ2) is 6.58. The number of thiophene rings is 1. The summed E-state index contributed by atoms with van der Waals surface area (Å²) in [6.07, 6.45) is 1.65. The molecule has 0 saturated heterocycles. The number of hydrogen-bond acceptors (Lipinski definition) is 3. The predicted molar refractivity (Wildman–Crippen MR) is 107 cm³/mol. The van der Waals surface area contributed by atoms with E-state index in [-0.39, 0.29) is 5.56 Å². The average molecular weight is 411 g/mol. The van der Waals surface area contributed by atoms with E-state index in [1.54, 1.807) is 22.2 Å². The Morgan fingerprint density at radius 2 is 1.80 bits per heavy atom. The summed E-state index contributed by atoms with van der Waals surface area (Å²) in [7, 11) is 0. The molecule has 0 amide bonds. The lowest BCUT2D eigenvalue weighted by molar-refractivity contribution is 0.749. The zero-order valence-electron chi connectivity index (χ0n) is 13.6. The Labute approximate surface area is 157 Å². The Morgan fingerprint density at radius 3 is 2.52 bits per heavy atom. The highest BCUT2D eigenvalue weighted by Gasteiger charge is 2.16. The minimum atomic E-state index is 0.0103. The molecule has 0 radical (unpaired) electrons. The van der Waals surface area contributed by atoms with Crippen molar-refractivity contribution in [3.05, 3.63) is 86.2 Å². The maximum atomic E-state index is 13.1. The SMILES string of the molecule is Cc1sc2ncn(Cc3ccc(Br)cc3)c(=O)c2c1-c1ccccc1. The summed E-state index contributed by atoms with van der Waals surface area (Å²) in [4.78, 5) is 19.6. The van der Waals surface area contributed by atoms with Crippen molar-refractivity contribution in [2.75, 3.05) is 0 Å². The van der Waals surface area contributed by atoms with Crippen LogP contribution in [-0.4, -0.2) is 9.55 Å². The number of rotatable bonds is 3. The van der Waals surface area contributed by atoms with Gasteiger partial charge in [0, 0.05) is 14.9 Å². The number of benzene rings is 2. The molecule has 2 aromatic heterocycles. The van der Waals surface area contributed by atoms with Crippen molar-refractivity contribution in [3.8, 4) is 11.1 Å². The highest BCUT2D eigenvalue weighted by molar-refractivity contribution is 9.10. The van der Waals surface area contributed by atoms with Crippen LogP contribution in [0.25, 0.3) is 21.3 Å². The first-order valence-electron chi connectivity index (χ1n) is 7.92. The highest BCUT2D eigenvalue weighted by Crippen LogP contribution is 2.35. The van der Waals surface area contributed by atoms with Gasteiger partial charge in [0.2, 0.25) is 0 Å². The van der Waals surface area contributed by atoms with Gasteiger partial charge in [0.05, 0.1) is 18.3 Å². The van der Waals surface area contributed by atoms with E-state index in [1.807, 2.05) is 61.5 Å². The van der Waals surface area contributed by atoms with Crippen molar-refractivity contribution in [2.24, 2.45) is 0 Å². The second-order valence-corrected chi connectivity index (χ2v) is 8.00. The molecule has 0 bridgehead atoms. The monoisotopic (exact) mass is 410 g/mol. The van der Waals surface area contributed by atoms with Crippen LogP contribution in [0.1, 0.15) is 10.4 Å². The molecule has 3 nitrogen and oxygen atoms in total. The first-order valence-corrected chi connectivity index (χ1v) is 9.53. The molecule has 0 spiro atoms. The minimum absolute atomic E-state index is 0.0103. The van der Waals surface area contributed by atoms with Crippen molar-refractivity contribution in [3.63, 3.8) is 0 Å². The fourth-order valence-corrected chi connectivity index (χ4v) is 4.26. The van der Waals surface area contributed by atoms with Gasteiger partial charge in [0.25, 0.3) is 5.56 Å².